The normalized spacial score (nSPS) is 22.4. The maximum atomic E-state index is 12.1. The summed E-state index contributed by atoms with van der Waals surface area (Å²) in [6.45, 7) is 10.6. The van der Waals surface area contributed by atoms with Crippen LogP contribution in [0.5, 0.6) is 5.75 Å². The summed E-state index contributed by atoms with van der Waals surface area (Å²) in [5.74, 6) is 1.47. The van der Waals surface area contributed by atoms with Crippen molar-refractivity contribution in [3.05, 3.63) is 23.8 Å². The Labute approximate surface area is 138 Å². The van der Waals surface area contributed by atoms with Gasteiger partial charge in [-0.3, -0.25) is 5.32 Å². The number of nitrogens with two attached hydrogens (primary N) is 1. The SMILES string of the molecule is COc1ccc(NC(=O)OC(C)(C)C)c(C2C(CN)C2(C)C)c1. The Morgan fingerprint density at radius 2 is 2.00 bits per heavy atom. The minimum atomic E-state index is -0.532. The molecule has 0 saturated heterocycles. The van der Waals surface area contributed by atoms with Crippen molar-refractivity contribution in [2.75, 3.05) is 19.0 Å². The first-order chi connectivity index (χ1) is 10.6. The fraction of sp³-hybridized carbons (Fsp3) is 0.611. The Morgan fingerprint density at radius 1 is 1.35 bits per heavy atom. The third-order valence-corrected chi connectivity index (χ3v) is 4.53. The van der Waals surface area contributed by atoms with Crippen molar-refractivity contribution in [2.45, 2.75) is 46.1 Å². The maximum Gasteiger partial charge on any atom is 0.412 e. The summed E-state index contributed by atoms with van der Waals surface area (Å²) in [5, 5.41) is 2.86. The number of rotatable bonds is 4. The lowest BCUT2D eigenvalue weighted by atomic mass is 10.0. The molecule has 1 aromatic rings. The summed E-state index contributed by atoms with van der Waals surface area (Å²) < 4.78 is 10.7. The van der Waals surface area contributed by atoms with Gasteiger partial charge in [0.1, 0.15) is 11.4 Å². The number of amides is 1. The van der Waals surface area contributed by atoms with E-state index in [1.807, 2.05) is 39.0 Å². The van der Waals surface area contributed by atoms with Gasteiger partial charge in [0.2, 0.25) is 0 Å². The van der Waals surface area contributed by atoms with Crippen LogP contribution in [-0.2, 0) is 4.74 Å². The molecule has 1 aliphatic rings. The van der Waals surface area contributed by atoms with Gasteiger partial charge in [-0.25, -0.2) is 4.79 Å². The van der Waals surface area contributed by atoms with Crippen molar-refractivity contribution in [1.82, 2.24) is 0 Å². The van der Waals surface area contributed by atoms with Gasteiger partial charge in [0.25, 0.3) is 0 Å². The molecule has 128 valence electrons. The molecule has 0 heterocycles. The van der Waals surface area contributed by atoms with Crippen LogP contribution in [0.4, 0.5) is 10.5 Å². The van der Waals surface area contributed by atoms with Crippen molar-refractivity contribution < 1.29 is 14.3 Å². The van der Waals surface area contributed by atoms with E-state index in [1.54, 1.807) is 7.11 Å². The first-order valence-electron chi connectivity index (χ1n) is 7.98. The van der Waals surface area contributed by atoms with Gasteiger partial charge in [-0.15, -0.1) is 0 Å². The molecule has 1 saturated carbocycles. The van der Waals surface area contributed by atoms with Crippen LogP contribution in [0.2, 0.25) is 0 Å². The average Bonchev–Trinajstić information content (AvgIpc) is 2.98. The van der Waals surface area contributed by atoms with Gasteiger partial charge in [-0.1, -0.05) is 13.8 Å². The molecule has 1 amide bonds. The van der Waals surface area contributed by atoms with Gasteiger partial charge in [0.15, 0.2) is 0 Å². The molecule has 0 radical (unpaired) electrons. The van der Waals surface area contributed by atoms with Crippen molar-refractivity contribution in [3.8, 4) is 5.75 Å². The standard InChI is InChI=1S/C18H28N2O3/c1-17(2,3)23-16(21)20-14-8-7-11(22-6)9-12(14)15-13(10-19)18(15,4)5/h7-9,13,15H,10,19H2,1-6H3,(H,20,21). The highest BCUT2D eigenvalue weighted by Crippen LogP contribution is 2.65. The van der Waals surface area contributed by atoms with Crippen LogP contribution in [0.3, 0.4) is 0 Å². The molecule has 1 fully saturated rings. The second-order valence-corrected chi connectivity index (χ2v) is 7.72. The number of anilines is 1. The van der Waals surface area contributed by atoms with E-state index < -0.39 is 11.7 Å². The summed E-state index contributed by atoms with van der Waals surface area (Å²) in [6, 6.07) is 5.68. The minimum absolute atomic E-state index is 0.117. The van der Waals surface area contributed by atoms with Crippen LogP contribution in [-0.4, -0.2) is 25.3 Å². The Hall–Kier alpha value is -1.75. The van der Waals surface area contributed by atoms with Crippen LogP contribution in [0.1, 0.15) is 46.1 Å². The number of nitrogens with one attached hydrogen (secondary N) is 1. The van der Waals surface area contributed by atoms with E-state index in [2.05, 4.69) is 19.2 Å². The maximum absolute atomic E-state index is 12.1. The highest BCUT2D eigenvalue weighted by molar-refractivity contribution is 5.86. The molecule has 1 aliphatic carbocycles. The number of ether oxygens (including phenoxy) is 2. The molecule has 5 heteroatoms. The number of hydrogen-bond acceptors (Lipinski definition) is 4. The number of carbonyl (C=O) groups is 1. The molecule has 1 aromatic carbocycles. The van der Waals surface area contributed by atoms with Crippen LogP contribution >= 0.6 is 0 Å². The van der Waals surface area contributed by atoms with Crippen LogP contribution < -0.4 is 15.8 Å². The van der Waals surface area contributed by atoms with Crippen LogP contribution in [0.15, 0.2) is 18.2 Å². The van der Waals surface area contributed by atoms with Gasteiger partial charge in [-0.05, 0) is 68.3 Å². The molecular weight excluding hydrogens is 292 g/mol. The quantitative estimate of drug-likeness (QED) is 0.886. The lowest BCUT2D eigenvalue weighted by Gasteiger charge is -2.21. The summed E-state index contributed by atoms with van der Waals surface area (Å²) >= 11 is 0. The lowest BCUT2D eigenvalue weighted by molar-refractivity contribution is 0.0635. The van der Waals surface area contributed by atoms with Crippen LogP contribution in [0.25, 0.3) is 0 Å². The second kappa shape index (κ2) is 6.04. The Kier molecular flexibility index (Phi) is 4.62. The van der Waals surface area contributed by atoms with Crippen molar-refractivity contribution in [1.29, 1.82) is 0 Å². The molecule has 0 aromatic heterocycles. The topological polar surface area (TPSA) is 73.6 Å². The fourth-order valence-corrected chi connectivity index (χ4v) is 3.25. The lowest BCUT2D eigenvalue weighted by Crippen LogP contribution is -2.27. The number of carbonyl (C=O) groups excluding carboxylic acids is 1. The summed E-state index contributed by atoms with van der Waals surface area (Å²) in [7, 11) is 1.64. The first kappa shape index (κ1) is 17.6. The van der Waals surface area contributed by atoms with E-state index in [4.69, 9.17) is 15.2 Å². The van der Waals surface area contributed by atoms with E-state index in [-0.39, 0.29) is 5.41 Å². The molecule has 5 nitrogen and oxygen atoms in total. The van der Waals surface area contributed by atoms with Gasteiger partial charge < -0.3 is 15.2 Å². The van der Waals surface area contributed by atoms with Gasteiger partial charge in [0, 0.05) is 5.69 Å². The van der Waals surface area contributed by atoms with Gasteiger partial charge in [-0.2, -0.15) is 0 Å². The predicted molar refractivity (Wildman–Crippen MR) is 91.9 cm³/mol. The van der Waals surface area contributed by atoms with Crippen LogP contribution in [0, 0.1) is 11.3 Å². The number of methoxy groups -OCH3 is 1. The molecular formula is C18H28N2O3. The van der Waals surface area contributed by atoms with E-state index in [1.165, 1.54) is 0 Å². The van der Waals surface area contributed by atoms with E-state index in [0.717, 1.165) is 17.0 Å². The smallest absolute Gasteiger partial charge is 0.412 e. The number of hydrogen-bond donors (Lipinski definition) is 2. The third kappa shape index (κ3) is 3.78. The summed E-state index contributed by atoms with van der Waals surface area (Å²) in [5.41, 5.74) is 7.29. The highest BCUT2D eigenvalue weighted by Gasteiger charge is 2.58. The van der Waals surface area contributed by atoms with E-state index in [9.17, 15) is 4.79 Å². The molecule has 2 rings (SSSR count). The zero-order chi connectivity index (χ0) is 17.4. The van der Waals surface area contributed by atoms with Gasteiger partial charge >= 0.3 is 6.09 Å². The molecule has 0 spiro atoms. The van der Waals surface area contributed by atoms with Crippen molar-refractivity contribution in [2.24, 2.45) is 17.1 Å². The van der Waals surface area contributed by atoms with E-state index >= 15 is 0 Å². The number of benzene rings is 1. The van der Waals surface area contributed by atoms with E-state index in [0.29, 0.717) is 18.4 Å². The Bertz CT molecular complexity index is 590. The van der Waals surface area contributed by atoms with Gasteiger partial charge in [0.05, 0.1) is 7.11 Å². The monoisotopic (exact) mass is 320 g/mol. The van der Waals surface area contributed by atoms with Crippen molar-refractivity contribution >= 4 is 11.8 Å². The molecule has 23 heavy (non-hydrogen) atoms. The molecule has 2 unspecified atom stereocenters. The zero-order valence-corrected chi connectivity index (χ0v) is 14.9. The zero-order valence-electron chi connectivity index (χ0n) is 14.9. The third-order valence-electron chi connectivity index (χ3n) is 4.53. The molecule has 0 bridgehead atoms. The minimum Gasteiger partial charge on any atom is -0.497 e. The van der Waals surface area contributed by atoms with Crippen molar-refractivity contribution in [3.63, 3.8) is 0 Å². The molecule has 0 aliphatic heterocycles. The Balaban J connectivity index is 2.28. The highest BCUT2D eigenvalue weighted by atomic mass is 16.6. The largest absolute Gasteiger partial charge is 0.497 e. The second-order valence-electron chi connectivity index (χ2n) is 7.72. The first-order valence-corrected chi connectivity index (χ1v) is 7.98. The summed E-state index contributed by atoms with van der Waals surface area (Å²) in [6.07, 6.45) is -0.452. The molecule has 3 N–H and O–H groups in total. The molecule has 2 atom stereocenters. The predicted octanol–water partition coefficient (Wildman–Crippen LogP) is 3.74. The summed E-state index contributed by atoms with van der Waals surface area (Å²) in [4.78, 5) is 12.1. The average molecular weight is 320 g/mol. The Morgan fingerprint density at radius 3 is 2.48 bits per heavy atom. The fourth-order valence-electron chi connectivity index (χ4n) is 3.25.